The number of para-hydroxylation sites is 1. The molecule has 2 heterocycles. The van der Waals surface area contributed by atoms with Crippen LogP contribution in [0.2, 0.25) is 0 Å². The minimum Gasteiger partial charge on any atom is -0.491 e. The Labute approximate surface area is 189 Å². The number of nitrogens with one attached hydrogen (secondary N) is 1. The van der Waals surface area contributed by atoms with Crippen LogP contribution in [0.15, 0.2) is 41.8 Å². The summed E-state index contributed by atoms with van der Waals surface area (Å²) in [6, 6.07) is 11.4. The van der Waals surface area contributed by atoms with Gasteiger partial charge in [0.25, 0.3) is 0 Å². The lowest BCUT2D eigenvalue weighted by Crippen LogP contribution is -2.50. The van der Waals surface area contributed by atoms with Crippen LogP contribution in [0.3, 0.4) is 0 Å². The minimum absolute atomic E-state index is 0.0363. The van der Waals surface area contributed by atoms with Gasteiger partial charge in [-0.05, 0) is 47.9 Å². The lowest BCUT2D eigenvalue weighted by Gasteiger charge is -2.37. The predicted molar refractivity (Wildman–Crippen MR) is 125 cm³/mol. The topological polar surface area (TPSA) is 61.9 Å². The highest BCUT2D eigenvalue weighted by molar-refractivity contribution is 7.10. The number of fused-ring (bicyclic) bond motifs is 1. The molecule has 1 aromatic heterocycles. The molecule has 2 aromatic rings. The summed E-state index contributed by atoms with van der Waals surface area (Å²) in [6.07, 6.45) is 1.70. The van der Waals surface area contributed by atoms with Gasteiger partial charge in [0.15, 0.2) is 0 Å². The SMILES string of the molecule is CCCNC(=O)N(CC(=O)N1CCc2sccc2C1COc1ccccc1)CC(C)C. The first-order chi connectivity index (χ1) is 15.0. The van der Waals surface area contributed by atoms with Crippen LogP contribution in [0.5, 0.6) is 5.75 Å². The van der Waals surface area contributed by atoms with Crippen molar-refractivity contribution in [2.75, 3.05) is 32.8 Å². The molecule has 0 spiro atoms. The van der Waals surface area contributed by atoms with E-state index in [0.29, 0.717) is 26.2 Å². The van der Waals surface area contributed by atoms with E-state index in [1.165, 1.54) is 4.88 Å². The predicted octanol–water partition coefficient (Wildman–Crippen LogP) is 4.33. The van der Waals surface area contributed by atoms with E-state index in [0.717, 1.165) is 24.2 Å². The minimum atomic E-state index is -0.172. The molecular weight excluding hydrogens is 410 g/mol. The van der Waals surface area contributed by atoms with Gasteiger partial charge in [-0.15, -0.1) is 11.3 Å². The standard InChI is InChI=1S/C24H33N3O3S/c1-4-12-25-24(29)26(15-18(2)3)16-23(28)27-13-10-22-20(11-14-31-22)21(27)17-30-19-8-6-5-7-9-19/h5-9,11,14,18,21H,4,10,12-13,15-17H2,1-3H3,(H,25,29). The van der Waals surface area contributed by atoms with Gasteiger partial charge in [-0.3, -0.25) is 4.79 Å². The molecule has 0 radical (unpaired) electrons. The van der Waals surface area contributed by atoms with Crippen LogP contribution >= 0.6 is 11.3 Å². The number of hydrogen-bond acceptors (Lipinski definition) is 4. The number of rotatable bonds is 9. The van der Waals surface area contributed by atoms with E-state index >= 15 is 0 Å². The van der Waals surface area contributed by atoms with Gasteiger partial charge in [0.05, 0.1) is 6.04 Å². The second-order valence-corrected chi connectivity index (χ2v) is 9.28. The number of urea groups is 1. The monoisotopic (exact) mass is 443 g/mol. The van der Waals surface area contributed by atoms with Crippen LogP contribution in [-0.2, 0) is 11.2 Å². The second kappa shape index (κ2) is 11.2. The summed E-state index contributed by atoms with van der Waals surface area (Å²) < 4.78 is 6.04. The van der Waals surface area contributed by atoms with E-state index in [9.17, 15) is 9.59 Å². The zero-order valence-corrected chi connectivity index (χ0v) is 19.5. The molecule has 7 heteroatoms. The fourth-order valence-electron chi connectivity index (χ4n) is 3.82. The fraction of sp³-hybridized carbons (Fsp3) is 0.500. The van der Waals surface area contributed by atoms with E-state index in [1.54, 1.807) is 16.2 Å². The molecule has 0 saturated carbocycles. The summed E-state index contributed by atoms with van der Waals surface area (Å²) >= 11 is 1.73. The molecule has 0 aliphatic carbocycles. The molecule has 0 bridgehead atoms. The lowest BCUT2D eigenvalue weighted by atomic mass is 10.0. The summed E-state index contributed by atoms with van der Waals surface area (Å²) in [6.45, 7) is 8.39. The Kier molecular flexibility index (Phi) is 8.35. The number of hydrogen-bond donors (Lipinski definition) is 1. The van der Waals surface area contributed by atoms with Crippen molar-refractivity contribution in [3.63, 3.8) is 0 Å². The molecule has 0 saturated heterocycles. The smallest absolute Gasteiger partial charge is 0.317 e. The van der Waals surface area contributed by atoms with Crippen molar-refractivity contribution in [1.82, 2.24) is 15.1 Å². The number of carbonyl (C=O) groups is 2. The highest BCUT2D eigenvalue weighted by Gasteiger charge is 2.33. The molecule has 1 N–H and O–H groups in total. The van der Waals surface area contributed by atoms with Crippen LogP contribution in [0.1, 0.15) is 43.7 Å². The largest absolute Gasteiger partial charge is 0.491 e. The molecule has 0 fully saturated rings. The van der Waals surface area contributed by atoms with E-state index in [2.05, 4.69) is 30.6 Å². The van der Waals surface area contributed by atoms with Gasteiger partial charge in [-0.2, -0.15) is 0 Å². The van der Waals surface area contributed by atoms with Crippen LogP contribution in [0.25, 0.3) is 0 Å². The maximum absolute atomic E-state index is 13.4. The van der Waals surface area contributed by atoms with Gasteiger partial charge < -0.3 is 19.9 Å². The van der Waals surface area contributed by atoms with Crippen LogP contribution in [0.4, 0.5) is 4.79 Å². The van der Waals surface area contributed by atoms with Crippen molar-refractivity contribution >= 4 is 23.3 Å². The van der Waals surface area contributed by atoms with Crippen molar-refractivity contribution in [1.29, 1.82) is 0 Å². The third-order valence-electron chi connectivity index (χ3n) is 5.29. The van der Waals surface area contributed by atoms with Gasteiger partial charge in [-0.1, -0.05) is 39.0 Å². The molecule has 1 aromatic carbocycles. The fourth-order valence-corrected chi connectivity index (χ4v) is 4.75. The number of thiophene rings is 1. The first kappa shape index (κ1) is 23.1. The molecule has 3 rings (SSSR count). The number of amides is 3. The molecule has 1 atom stereocenters. The number of ether oxygens (including phenoxy) is 1. The van der Waals surface area contributed by atoms with Gasteiger partial charge >= 0.3 is 6.03 Å². The molecule has 1 unspecified atom stereocenters. The Morgan fingerprint density at radius 3 is 2.74 bits per heavy atom. The van der Waals surface area contributed by atoms with E-state index in [4.69, 9.17) is 4.74 Å². The van der Waals surface area contributed by atoms with Crippen molar-refractivity contribution in [2.24, 2.45) is 5.92 Å². The lowest BCUT2D eigenvalue weighted by molar-refractivity contribution is -0.135. The van der Waals surface area contributed by atoms with Crippen molar-refractivity contribution < 1.29 is 14.3 Å². The Hall–Kier alpha value is -2.54. The summed E-state index contributed by atoms with van der Waals surface area (Å²) in [5.41, 5.74) is 1.16. The summed E-state index contributed by atoms with van der Waals surface area (Å²) in [5, 5.41) is 4.99. The average molecular weight is 444 g/mol. The van der Waals surface area contributed by atoms with Crippen molar-refractivity contribution in [3.05, 3.63) is 52.2 Å². The third-order valence-corrected chi connectivity index (χ3v) is 6.29. The summed E-state index contributed by atoms with van der Waals surface area (Å²) in [7, 11) is 0. The van der Waals surface area contributed by atoms with Crippen LogP contribution in [0, 0.1) is 5.92 Å². The van der Waals surface area contributed by atoms with Crippen molar-refractivity contribution in [2.45, 2.75) is 39.7 Å². The Bertz CT molecular complexity index is 853. The van der Waals surface area contributed by atoms with Crippen LogP contribution < -0.4 is 10.1 Å². The normalized spacial score (nSPS) is 15.5. The average Bonchev–Trinajstić information content (AvgIpc) is 3.24. The quantitative estimate of drug-likeness (QED) is 0.627. The van der Waals surface area contributed by atoms with Gasteiger partial charge in [0, 0.05) is 24.5 Å². The second-order valence-electron chi connectivity index (χ2n) is 8.28. The van der Waals surface area contributed by atoms with E-state index < -0.39 is 0 Å². The maximum atomic E-state index is 13.4. The third kappa shape index (κ3) is 6.23. The van der Waals surface area contributed by atoms with Crippen molar-refractivity contribution in [3.8, 4) is 5.75 Å². The van der Waals surface area contributed by atoms with Gasteiger partial charge in [0.1, 0.15) is 18.9 Å². The molecule has 168 valence electrons. The zero-order chi connectivity index (χ0) is 22.2. The van der Waals surface area contributed by atoms with Crippen LogP contribution in [-0.4, -0.2) is 54.5 Å². The Morgan fingerprint density at radius 2 is 2.03 bits per heavy atom. The Balaban J connectivity index is 1.74. The molecule has 1 aliphatic rings. The zero-order valence-electron chi connectivity index (χ0n) is 18.7. The molecule has 1 aliphatic heterocycles. The Morgan fingerprint density at radius 1 is 1.26 bits per heavy atom. The van der Waals surface area contributed by atoms with Gasteiger partial charge in [-0.25, -0.2) is 4.79 Å². The highest BCUT2D eigenvalue weighted by Crippen LogP contribution is 2.34. The molecule has 31 heavy (non-hydrogen) atoms. The highest BCUT2D eigenvalue weighted by atomic mass is 32.1. The first-order valence-electron chi connectivity index (χ1n) is 11.1. The van der Waals surface area contributed by atoms with E-state index in [1.807, 2.05) is 42.2 Å². The molecule has 6 nitrogen and oxygen atoms in total. The molecule has 3 amide bonds. The summed E-state index contributed by atoms with van der Waals surface area (Å²) in [4.78, 5) is 30.8. The van der Waals surface area contributed by atoms with E-state index in [-0.39, 0.29) is 30.4 Å². The summed E-state index contributed by atoms with van der Waals surface area (Å²) in [5.74, 6) is 1.03. The number of carbonyl (C=O) groups excluding carboxylic acids is 2. The number of benzene rings is 1. The molecular formula is C24H33N3O3S. The maximum Gasteiger partial charge on any atom is 0.317 e. The van der Waals surface area contributed by atoms with Gasteiger partial charge in [0.2, 0.25) is 5.91 Å². The first-order valence-corrected chi connectivity index (χ1v) is 11.9. The number of nitrogens with zero attached hydrogens (tertiary/aromatic N) is 2.